The van der Waals surface area contributed by atoms with Crippen LogP contribution in [-0.4, -0.2) is 21.6 Å². The summed E-state index contributed by atoms with van der Waals surface area (Å²) < 4.78 is 49.0. The van der Waals surface area contributed by atoms with Crippen LogP contribution in [-0.2, 0) is 12.7 Å². The summed E-state index contributed by atoms with van der Waals surface area (Å²) in [5.41, 5.74) is 0.238. The van der Waals surface area contributed by atoms with Crippen molar-refractivity contribution in [3.05, 3.63) is 59.7 Å². The summed E-state index contributed by atoms with van der Waals surface area (Å²) in [6, 6.07) is 8.94. The molecular weight excluding hydrogens is 359 g/mol. The first-order valence-corrected chi connectivity index (χ1v) is 8.78. The van der Waals surface area contributed by atoms with Gasteiger partial charge in [-0.05, 0) is 49.2 Å². The van der Waals surface area contributed by atoms with Crippen LogP contribution in [0.15, 0.2) is 51.6 Å². The Bertz CT molecular complexity index is 872. The molecule has 3 heterocycles. The Kier molecular flexibility index (Phi) is 4.73. The van der Waals surface area contributed by atoms with Crippen molar-refractivity contribution in [2.75, 3.05) is 6.54 Å². The zero-order valence-electron chi connectivity index (χ0n) is 14.4. The molecule has 2 aromatic heterocycles. The lowest BCUT2D eigenvalue weighted by molar-refractivity contribution is -0.137. The minimum absolute atomic E-state index is 0.0278. The number of rotatable bonds is 4. The average molecular weight is 377 g/mol. The fourth-order valence-electron chi connectivity index (χ4n) is 3.45. The number of nitrogens with zero attached hydrogens (tertiary/aromatic N) is 3. The molecule has 1 unspecified atom stereocenters. The molecule has 0 bridgehead atoms. The Morgan fingerprint density at radius 1 is 1.11 bits per heavy atom. The lowest BCUT2D eigenvalue weighted by Crippen LogP contribution is -2.33. The summed E-state index contributed by atoms with van der Waals surface area (Å²) in [6.07, 6.45) is 0.151. The molecule has 1 aliphatic rings. The molecule has 1 saturated heterocycles. The smallest absolute Gasteiger partial charge is 0.416 e. The van der Waals surface area contributed by atoms with E-state index in [1.807, 2.05) is 0 Å². The zero-order chi connectivity index (χ0) is 18.9. The zero-order valence-corrected chi connectivity index (χ0v) is 14.4. The second kappa shape index (κ2) is 7.19. The van der Waals surface area contributed by atoms with E-state index in [4.69, 9.17) is 8.94 Å². The predicted molar refractivity (Wildman–Crippen MR) is 90.4 cm³/mol. The molecule has 4 rings (SSSR count). The Labute approximate surface area is 153 Å². The van der Waals surface area contributed by atoms with Gasteiger partial charge in [-0.3, -0.25) is 4.90 Å². The standard InChI is InChI=1S/C19H18F3N3O2/c20-19(21,22)14-8-6-13(7-9-14)15-4-1-2-10-25(15)12-17-23-18(24-27-17)16-5-3-11-26-16/h3,5-9,11,15H,1-2,4,10,12H2. The molecule has 0 N–H and O–H groups in total. The SMILES string of the molecule is FC(F)(F)c1ccc(C2CCCCN2Cc2nc(-c3ccco3)no2)cc1. The van der Waals surface area contributed by atoms with E-state index < -0.39 is 11.7 Å². The fourth-order valence-corrected chi connectivity index (χ4v) is 3.45. The Hall–Kier alpha value is -2.61. The molecule has 0 spiro atoms. The molecule has 0 aliphatic carbocycles. The molecule has 1 aromatic carbocycles. The van der Waals surface area contributed by atoms with Gasteiger partial charge in [0, 0.05) is 6.04 Å². The van der Waals surface area contributed by atoms with Crippen LogP contribution in [0.2, 0.25) is 0 Å². The van der Waals surface area contributed by atoms with Gasteiger partial charge in [0.2, 0.25) is 11.7 Å². The van der Waals surface area contributed by atoms with Crippen LogP contribution in [0.1, 0.15) is 42.3 Å². The number of aromatic nitrogens is 2. The van der Waals surface area contributed by atoms with Crippen molar-refractivity contribution in [1.82, 2.24) is 15.0 Å². The van der Waals surface area contributed by atoms with E-state index in [-0.39, 0.29) is 6.04 Å². The van der Waals surface area contributed by atoms with Gasteiger partial charge in [0.25, 0.3) is 0 Å². The van der Waals surface area contributed by atoms with Crippen LogP contribution in [0.4, 0.5) is 13.2 Å². The van der Waals surface area contributed by atoms with Gasteiger partial charge in [0.15, 0.2) is 5.76 Å². The van der Waals surface area contributed by atoms with Crippen molar-refractivity contribution in [3.63, 3.8) is 0 Å². The lowest BCUT2D eigenvalue weighted by Gasteiger charge is -2.35. The molecule has 1 fully saturated rings. The van der Waals surface area contributed by atoms with Crippen LogP contribution in [0.3, 0.4) is 0 Å². The summed E-state index contributed by atoms with van der Waals surface area (Å²) >= 11 is 0. The molecule has 0 radical (unpaired) electrons. The monoisotopic (exact) mass is 377 g/mol. The molecule has 27 heavy (non-hydrogen) atoms. The third-order valence-corrected chi connectivity index (χ3v) is 4.78. The van der Waals surface area contributed by atoms with E-state index >= 15 is 0 Å². The number of piperidine rings is 1. The largest absolute Gasteiger partial charge is 0.461 e. The molecule has 0 amide bonds. The average Bonchev–Trinajstić information content (AvgIpc) is 3.33. The van der Waals surface area contributed by atoms with E-state index in [1.54, 1.807) is 24.3 Å². The molecule has 1 aliphatic heterocycles. The number of hydrogen-bond donors (Lipinski definition) is 0. The Balaban J connectivity index is 1.51. The summed E-state index contributed by atoms with van der Waals surface area (Å²) in [7, 11) is 0. The number of furan rings is 1. The van der Waals surface area contributed by atoms with E-state index in [1.165, 1.54) is 6.26 Å². The number of halogens is 3. The van der Waals surface area contributed by atoms with Crippen molar-refractivity contribution in [2.45, 2.75) is 38.0 Å². The number of benzene rings is 1. The van der Waals surface area contributed by atoms with Gasteiger partial charge in [-0.25, -0.2) is 0 Å². The van der Waals surface area contributed by atoms with E-state index in [2.05, 4.69) is 15.0 Å². The highest BCUT2D eigenvalue weighted by Crippen LogP contribution is 2.35. The highest BCUT2D eigenvalue weighted by molar-refractivity contribution is 5.44. The van der Waals surface area contributed by atoms with Crippen LogP contribution in [0.5, 0.6) is 0 Å². The number of alkyl halides is 3. The van der Waals surface area contributed by atoms with Gasteiger partial charge in [-0.15, -0.1) is 0 Å². The summed E-state index contributed by atoms with van der Waals surface area (Å²) in [4.78, 5) is 6.53. The fraction of sp³-hybridized carbons (Fsp3) is 0.368. The molecule has 1 atom stereocenters. The second-order valence-electron chi connectivity index (χ2n) is 6.59. The highest BCUT2D eigenvalue weighted by atomic mass is 19.4. The Morgan fingerprint density at radius 3 is 2.63 bits per heavy atom. The van der Waals surface area contributed by atoms with Crippen molar-refractivity contribution in [3.8, 4) is 11.6 Å². The van der Waals surface area contributed by atoms with Crippen molar-refractivity contribution >= 4 is 0 Å². The molecular formula is C19H18F3N3O2. The minimum atomic E-state index is -4.32. The van der Waals surface area contributed by atoms with Gasteiger partial charge >= 0.3 is 6.18 Å². The number of hydrogen-bond acceptors (Lipinski definition) is 5. The van der Waals surface area contributed by atoms with Gasteiger partial charge in [-0.1, -0.05) is 23.7 Å². The third-order valence-electron chi connectivity index (χ3n) is 4.78. The van der Waals surface area contributed by atoms with Gasteiger partial charge in [0.05, 0.1) is 18.4 Å². The Morgan fingerprint density at radius 2 is 1.93 bits per heavy atom. The topological polar surface area (TPSA) is 55.3 Å². The second-order valence-corrected chi connectivity index (χ2v) is 6.59. The molecule has 8 heteroatoms. The van der Waals surface area contributed by atoms with Gasteiger partial charge in [0.1, 0.15) is 0 Å². The lowest BCUT2D eigenvalue weighted by atomic mass is 9.94. The molecule has 3 aromatic rings. The summed E-state index contributed by atoms with van der Waals surface area (Å²) in [6.45, 7) is 1.27. The molecule has 5 nitrogen and oxygen atoms in total. The van der Waals surface area contributed by atoms with Crippen LogP contribution < -0.4 is 0 Å². The predicted octanol–water partition coefficient (Wildman–Crippen LogP) is 5.08. The van der Waals surface area contributed by atoms with Crippen LogP contribution in [0.25, 0.3) is 11.6 Å². The number of likely N-dealkylation sites (tertiary alicyclic amines) is 1. The molecule has 0 saturated carbocycles. The van der Waals surface area contributed by atoms with Gasteiger partial charge in [-0.2, -0.15) is 18.2 Å². The van der Waals surface area contributed by atoms with E-state index in [0.29, 0.717) is 24.0 Å². The van der Waals surface area contributed by atoms with Crippen LogP contribution >= 0.6 is 0 Å². The van der Waals surface area contributed by atoms with Crippen molar-refractivity contribution in [1.29, 1.82) is 0 Å². The van der Waals surface area contributed by atoms with Crippen molar-refractivity contribution in [2.24, 2.45) is 0 Å². The highest BCUT2D eigenvalue weighted by Gasteiger charge is 2.31. The minimum Gasteiger partial charge on any atom is -0.461 e. The maximum absolute atomic E-state index is 12.8. The normalized spacial score (nSPS) is 18.7. The first kappa shape index (κ1) is 17.8. The third kappa shape index (κ3) is 3.90. The van der Waals surface area contributed by atoms with Crippen LogP contribution in [0, 0.1) is 0 Å². The summed E-state index contributed by atoms with van der Waals surface area (Å²) in [5.74, 6) is 1.38. The van der Waals surface area contributed by atoms with E-state index in [0.717, 1.165) is 43.5 Å². The van der Waals surface area contributed by atoms with Crippen molar-refractivity contribution < 1.29 is 22.1 Å². The first-order valence-electron chi connectivity index (χ1n) is 8.78. The van der Waals surface area contributed by atoms with Gasteiger partial charge < -0.3 is 8.94 Å². The maximum atomic E-state index is 12.8. The quantitative estimate of drug-likeness (QED) is 0.635. The first-order chi connectivity index (χ1) is 13.0. The maximum Gasteiger partial charge on any atom is 0.416 e. The molecule has 142 valence electrons. The summed E-state index contributed by atoms with van der Waals surface area (Å²) in [5, 5.41) is 3.93. The van der Waals surface area contributed by atoms with E-state index in [9.17, 15) is 13.2 Å².